The zero-order valence-corrected chi connectivity index (χ0v) is 10.9. The maximum atomic E-state index is 6.17. The van der Waals surface area contributed by atoms with Gasteiger partial charge in [0.2, 0.25) is 0 Å². The highest BCUT2D eigenvalue weighted by Gasteiger charge is 2.09. The number of hydrogen-bond acceptors (Lipinski definition) is 1. The van der Waals surface area contributed by atoms with Gasteiger partial charge in [-0.25, -0.2) is 0 Å². The number of hydrogen-bond donors (Lipinski definition) is 1. The second-order valence-electron chi connectivity index (χ2n) is 3.59. The van der Waals surface area contributed by atoms with Gasteiger partial charge in [-0.15, -0.1) is 0 Å². The van der Waals surface area contributed by atoms with Crippen LogP contribution in [0.2, 0.25) is 5.02 Å². The lowest BCUT2D eigenvalue weighted by Gasteiger charge is -2.13. The van der Waals surface area contributed by atoms with Crippen molar-refractivity contribution in [2.75, 3.05) is 0 Å². The molecule has 16 heavy (non-hydrogen) atoms. The van der Waals surface area contributed by atoms with Crippen LogP contribution >= 0.6 is 27.5 Å². The van der Waals surface area contributed by atoms with Crippen LogP contribution in [-0.2, 0) is 0 Å². The smallest absolute Gasteiger partial charge is 0.0552 e. The molecule has 0 fully saturated rings. The topological polar surface area (TPSA) is 26.0 Å². The molecule has 2 aromatic carbocycles. The Balaban J connectivity index is 2.35. The lowest BCUT2D eigenvalue weighted by atomic mass is 10.00. The summed E-state index contributed by atoms with van der Waals surface area (Å²) in [7, 11) is 0. The molecule has 0 saturated heterocycles. The minimum Gasteiger partial charge on any atom is -0.320 e. The minimum atomic E-state index is -0.142. The number of benzene rings is 2. The fraction of sp³-hybridized carbons (Fsp3) is 0.0769. The highest BCUT2D eigenvalue weighted by molar-refractivity contribution is 9.10. The van der Waals surface area contributed by atoms with Crippen LogP contribution in [0, 0.1) is 0 Å². The van der Waals surface area contributed by atoms with Gasteiger partial charge in [0.25, 0.3) is 0 Å². The van der Waals surface area contributed by atoms with Gasteiger partial charge in [0, 0.05) is 9.50 Å². The minimum absolute atomic E-state index is 0.142. The highest BCUT2D eigenvalue weighted by atomic mass is 79.9. The second-order valence-corrected chi connectivity index (χ2v) is 4.94. The Kier molecular flexibility index (Phi) is 3.64. The van der Waals surface area contributed by atoms with Crippen LogP contribution in [0.1, 0.15) is 17.2 Å². The maximum Gasteiger partial charge on any atom is 0.0552 e. The van der Waals surface area contributed by atoms with Gasteiger partial charge in [-0.05, 0) is 35.4 Å². The van der Waals surface area contributed by atoms with Crippen LogP contribution in [0.5, 0.6) is 0 Å². The van der Waals surface area contributed by atoms with Gasteiger partial charge in [-0.1, -0.05) is 51.8 Å². The van der Waals surface area contributed by atoms with E-state index in [9.17, 15) is 0 Å². The summed E-state index contributed by atoms with van der Waals surface area (Å²) in [5, 5.41) is 0.711. The van der Waals surface area contributed by atoms with Crippen LogP contribution in [0.25, 0.3) is 0 Å². The first-order valence-electron chi connectivity index (χ1n) is 4.93. The molecule has 0 aromatic heterocycles. The predicted molar refractivity (Wildman–Crippen MR) is 71.6 cm³/mol. The molecule has 0 radical (unpaired) electrons. The highest BCUT2D eigenvalue weighted by Crippen LogP contribution is 2.24. The molecule has 1 unspecified atom stereocenters. The van der Waals surface area contributed by atoms with E-state index >= 15 is 0 Å². The Morgan fingerprint density at radius 2 is 1.62 bits per heavy atom. The SMILES string of the molecule is NC(c1cccc(Cl)c1)c1cccc(Br)c1. The third-order valence-corrected chi connectivity index (χ3v) is 3.14. The van der Waals surface area contributed by atoms with Gasteiger partial charge in [-0.3, -0.25) is 0 Å². The average molecular weight is 297 g/mol. The summed E-state index contributed by atoms with van der Waals surface area (Å²) in [5.74, 6) is 0. The molecule has 0 spiro atoms. The van der Waals surface area contributed by atoms with Crippen LogP contribution in [0.4, 0.5) is 0 Å². The van der Waals surface area contributed by atoms with Crippen molar-refractivity contribution in [2.45, 2.75) is 6.04 Å². The van der Waals surface area contributed by atoms with Crippen molar-refractivity contribution < 1.29 is 0 Å². The standard InChI is InChI=1S/C13H11BrClN/c14-11-5-1-3-9(7-11)13(16)10-4-2-6-12(15)8-10/h1-8,13H,16H2. The molecular formula is C13H11BrClN. The second kappa shape index (κ2) is 5.00. The fourth-order valence-corrected chi connectivity index (χ4v) is 2.21. The van der Waals surface area contributed by atoms with Crippen molar-refractivity contribution in [1.29, 1.82) is 0 Å². The number of halogens is 2. The summed E-state index contributed by atoms with van der Waals surface area (Å²) in [5.41, 5.74) is 8.26. The Morgan fingerprint density at radius 3 is 2.25 bits per heavy atom. The van der Waals surface area contributed by atoms with Crippen molar-refractivity contribution in [2.24, 2.45) is 5.73 Å². The molecule has 1 atom stereocenters. The van der Waals surface area contributed by atoms with Gasteiger partial charge in [-0.2, -0.15) is 0 Å². The number of rotatable bonds is 2. The summed E-state index contributed by atoms with van der Waals surface area (Å²) >= 11 is 9.38. The van der Waals surface area contributed by atoms with Gasteiger partial charge in [0.15, 0.2) is 0 Å². The van der Waals surface area contributed by atoms with Gasteiger partial charge < -0.3 is 5.73 Å². The predicted octanol–water partition coefficient (Wildman–Crippen LogP) is 4.15. The molecule has 2 rings (SSSR count). The Bertz CT molecular complexity index is 453. The van der Waals surface area contributed by atoms with Crippen LogP contribution < -0.4 is 5.73 Å². The van der Waals surface area contributed by atoms with E-state index in [1.54, 1.807) is 0 Å². The molecule has 82 valence electrons. The van der Waals surface area contributed by atoms with E-state index in [-0.39, 0.29) is 6.04 Å². The quantitative estimate of drug-likeness (QED) is 0.885. The lowest BCUT2D eigenvalue weighted by molar-refractivity contribution is 0.871. The van der Waals surface area contributed by atoms with E-state index < -0.39 is 0 Å². The van der Waals surface area contributed by atoms with Crippen LogP contribution in [0.15, 0.2) is 53.0 Å². The Morgan fingerprint density at radius 1 is 1.00 bits per heavy atom. The van der Waals surface area contributed by atoms with E-state index in [1.165, 1.54) is 0 Å². The third-order valence-electron chi connectivity index (χ3n) is 2.42. The molecular weight excluding hydrogens is 286 g/mol. The molecule has 0 heterocycles. The monoisotopic (exact) mass is 295 g/mol. The molecule has 0 saturated carbocycles. The van der Waals surface area contributed by atoms with E-state index in [1.807, 2.05) is 48.5 Å². The van der Waals surface area contributed by atoms with Crippen molar-refractivity contribution in [3.8, 4) is 0 Å². The summed E-state index contributed by atoms with van der Waals surface area (Å²) in [6.07, 6.45) is 0. The van der Waals surface area contributed by atoms with Crippen molar-refractivity contribution in [3.63, 3.8) is 0 Å². The zero-order valence-electron chi connectivity index (χ0n) is 8.53. The molecule has 3 heteroatoms. The van der Waals surface area contributed by atoms with Gasteiger partial charge in [0.05, 0.1) is 6.04 Å². The van der Waals surface area contributed by atoms with Gasteiger partial charge in [0.1, 0.15) is 0 Å². The van der Waals surface area contributed by atoms with E-state index in [2.05, 4.69) is 15.9 Å². The van der Waals surface area contributed by atoms with Crippen LogP contribution in [0.3, 0.4) is 0 Å². The molecule has 2 aromatic rings. The Labute approximate surface area is 108 Å². The normalized spacial score (nSPS) is 12.4. The molecule has 0 aliphatic rings. The summed E-state index contributed by atoms with van der Waals surface area (Å²) in [6.45, 7) is 0. The molecule has 0 aliphatic heterocycles. The van der Waals surface area contributed by atoms with Crippen LogP contribution in [-0.4, -0.2) is 0 Å². The summed E-state index contributed by atoms with van der Waals surface area (Å²) in [4.78, 5) is 0. The first-order valence-corrected chi connectivity index (χ1v) is 6.10. The molecule has 0 amide bonds. The largest absolute Gasteiger partial charge is 0.320 e. The van der Waals surface area contributed by atoms with Gasteiger partial charge >= 0.3 is 0 Å². The Hall–Kier alpha value is -0.830. The lowest BCUT2D eigenvalue weighted by Crippen LogP contribution is -2.11. The third kappa shape index (κ3) is 2.64. The van der Waals surface area contributed by atoms with E-state index in [0.717, 1.165) is 15.6 Å². The molecule has 2 N–H and O–H groups in total. The average Bonchev–Trinajstić information content (AvgIpc) is 2.28. The fourth-order valence-electron chi connectivity index (χ4n) is 1.59. The summed E-state index contributed by atoms with van der Waals surface area (Å²) < 4.78 is 1.03. The number of nitrogens with two attached hydrogens (primary N) is 1. The molecule has 1 nitrogen and oxygen atoms in total. The molecule has 0 aliphatic carbocycles. The van der Waals surface area contributed by atoms with Crippen molar-refractivity contribution in [1.82, 2.24) is 0 Å². The first kappa shape index (κ1) is 11.6. The van der Waals surface area contributed by atoms with E-state index in [4.69, 9.17) is 17.3 Å². The first-order chi connectivity index (χ1) is 7.66. The maximum absolute atomic E-state index is 6.17. The van der Waals surface area contributed by atoms with Crippen molar-refractivity contribution in [3.05, 3.63) is 69.2 Å². The van der Waals surface area contributed by atoms with Crippen molar-refractivity contribution >= 4 is 27.5 Å². The van der Waals surface area contributed by atoms with E-state index in [0.29, 0.717) is 5.02 Å². The summed E-state index contributed by atoms with van der Waals surface area (Å²) in [6, 6.07) is 15.5. The zero-order chi connectivity index (χ0) is 11.5. The molecule has 0 bridgehead atoms.